The van der Waals surface area contributed by atoms with Gasteiger partial charge in [-0.25, -0.2) is 4.98 Å². The molecule has 0 unspecified atom stereocenters. The van der Waals surface area contributed by atoms with E-state index in [0.717, 1.165) is 27.5 Å². The van der Waals surface area contributed by atoms with Crippen molar-refractivity contribution >= 4 is 28.7 Å². The van der Waals surface area contributed by atoms with Gasteiger partial charge >= 0.3 is 0 Å². The van der Waals surface area contributed by atoms with E-state index in [0.29, 0.717) is 25.4 Å². The lowest BCUT2D eigenvalue weighted by molar-refractivity contribution is -0.129. The standard InChI is InChI=1S/C20H23N3O3S/c1-25-11-10-23(13-15-6-4-3-5-7-15)19(24)14-27-20-21-17-9-8-16(26-2)12-18(17)22-20/h3-9,12H,10-11,13-14H2,1-2H3,(H,21,22). The third kappa shape index (κ3) is 5.24. The number of amides is 1. The Kier molecular flexibility index (Phi) is 6.73. The molecule has 27 heavy (non-hydrogen) atoms. The number of aromatic nitrogens is 2. The number of benzene rings is 2. The molecular weight excluding hydrogens is 362 g/mol. The van der Waals surface area contributed by atoms with Crippen LogP contribution in [0.3, 0.4) is 0 Å². The highest BCUT2D eigenvalue weighted by atomic mass is 32.2. The van der Waals surface area contributed by atoms with Gasteiger partial charge in [-0.2, -0.15) is 0 Å². The van der Waals surface area contributed by atoms with Crippen LogP contribution in [-0.4, -0.2) is 53.9 Å². The molecule has 0 saturated carbocycles. The Hall–Kier alpha value is -2.51. The van der Waals surface area contributed by atoms with Gasteiger partial charge in [0.05, 0.1) is 30.5 Å². The van der Waals surface area contributed by atoms with E-state index in [2.05, 4.69) is 9.97 Å². The van der Waals surface area contributed by atoms with Crippen molar-refractivity contribution in [1.29, 1.82) is 0 Å². The molecule has 7 heteroatoms. The van der Waals surface area contributed by atoms with Crippen LogP contribution in [-0.2, 0) is 16.1 Å². The fourth-order valence-electron chi connectivity index (χ4n) is 2.68. The Balaban J connectivity index is 1.64. The number of aromatic amines is 1. The number of hydrogen-bond donors (Lipinski definition) is 1. The van der Waals surface area contributed by atoms with E-state index in [1.807, 2.05) is 53.4 Å². The lowest BCUT2D eigenvalue weighted by Gasteiger charge is -2.22. The molecule has 0 fully saturated rings. The number of H-pyrrole nitrogens is 1. The van der Waals surface area contributed by atoms with Gasteiger partial charge < -0.3 is 19.4 Å². The van der Waals surface area contributed by atoms with Crippen molar-refractivity contribution < 1.29 is 14.3 Å². The zero-order valence-corrected chi connectivity index (χ0v) is 16.3. The van der Waals surface area contributed by atoms with E-state index in [9.17, 15) is 4.79 Å². The van der Waals surface area contributed by atoms with E-state index in [4.69, 9.17) is 9.47 Å². The lowest BCUT2D eigenvalue weighted by Crippen LogP contribution is -2.34. The molecule has 0 radical (unpaired) electrons. The third-order valence-electron chi connectivity index (χ3n) is 4.13. The summed E-state index contributed by atoms with van der Waals surface area (Å²) in [5.74, 6) is 1.14. The van der Waals surface area contributed by atoms with Crippen LogP contribution in [0.5, 0.6) is 5.75 Å². The second kappa shape index (κ2) is 9.43. The molecule has 0 spiro atoms. The van der Waals surface area contributed by atoms with Crippen LogP contribution in [0, 0.1) is 0 Å². The number of fused-ring (bicyclic) bond motifs is 1. The number of rotatable bonds is 9. The Morgan fingerprint density at radius 2 is 2.00 bits per heavy atom. The van der Waals surface area contributed by atoms with Crippen molar-refractivity contribution in [3.63, 3.8) is 0 Å². The summed E-state index contributed by atoms with van der Waals surface area (Å²) in [6.45, 7) is 1.64. The summed E-state index contributed by atoms with van der Waals surface area (Å²) in [7, 11) is 3.27. The maximum absolute atomic E-state index is 12.7. The summed E-state index contributed by atoms with van der Waals surface area (Å²) in [6.07, 6.45) is 0. The molecule has 3 rings (SSSR count). The van der Waals surface area contributed by atoms with Crippen LogP contribution in [0.15, 0.2) is 53.7 Å². The quantitative estimate of drug-likeness (QED) is 0.572. The summed E-state index contributed by atoms with van der Waals surface area (Å²) < 4.78 is 10.4. The van der Waals surface area contributed by atoms with Crippen molar-refractivity contribution in [2.45, 2.75) is 11.7 Å². The average molecular weight is 385 g/mol. The molecule has 0 aliphatic carbocycles. The van der Waals surface area contributed by atoms with Crippen molar-refractivity contribution in [3.05, 3.63) is 54.1 Å². The van der Waals surface area contributed by atoms with E-state index < -0.39 is 0 Å². The molecule has 0 aliphatic rings. The first-order chi connectivity index (χ1) is 13.2. The van der Waals surface area contributed by atoms with Crippen LogP contribution in [0.1, 0.15) is 5.56 Å². The van der Waals surface area contributed by atoms with Crippen molar-refractivity contribution in [2.24, 2.45) is 0 Å². The highest BCUT2D eigenvalue weighted by Gasteiger charge is 2.15. The second-order valence-corrected chi connectivity index (χ2v) is 6.97. The number of hydrogen-bond acceptors (Lipinski definition) is 5. The van der Waals surface area contributed by atoms with Crippen molar-refractivity contribution in [3.8, 4) is 5.75 Å². The predicted molar refractivity (Wildman–Crippen MR) is 107 cm³/mol. The van der Waals surface area contributed by atoms with Crippen molar-refractivity contribution in [1.82, 2.24) is 14.9 Å². The van der Waals surface area contributed by atoms with E-state index in [-0.39, 0.29) is 5.91 Å². The number of carbonyl (C=O) groups is 1. The van der Waals surface area contributed by atoms with Crippen molar-refractivity contribution in [2.75, 3.05) is 33.1 Å². The molecule has 2 aromatic carbocycles. The van der Waals surface area contributed by atoms with Crippen LogP contribution in [0.2, 0.25) is 0 Å². The molecule has 0 saturated heterocycles. The molecule has 142 valence electrons. The molecule has 1 N–H and O–H groups in total. The highest BCUT2D eigenvalue weighted by Crippen LogP contribution is 2.23. The van der Waals surface area contributed by atoms with E-state index >= 15 is 0 Å². The molecular formula is C20H23N3O3S. The SMILES string of the molecule is COCCN(Cc1ccccc1)C(=O)CSc1nc2ccc(OC)cc2[nH]1. The Bertz CT molecular complexity index is 883. The predicted octanol–water partition coefficient (Wildman–Crippen LogP) is 3.34. The first-order valence-corrected chi connectivity index (χ1v) is 9.65. The van der Waals surface area contributed by atoms with Gasteiger partial charge in [0.15, 0.2) is 5.16 Å². The Labute approximate surface area is 162 Å². The Morgan fingerprint density at radius 1 is 1.19 bits per heavy atom. The summed E-state index contributed by atoms with van der Waals surface area (Å²) in [6, 6.07) is 15.6. The monoisotopic (exact) mass is 385 g/mol. The smallest absolute Gasteiger partial charge is 0.233 e. The minimum Gasteiger partial charge on any atom is -0.497 e. The second-order valence-electron chi connectivity index (χ2n) is 6.01. The topological polar surface area (TPSA) is 67.4 Å². The van der Waals surface area contributed by atoms with Gasteiger partial charge in [-0.15, -0.1) is 0 Å². The molecule has 0 aliphatic heterocycles. The largest absolute Gasteiger partial charge is 0.497 e. The van der Waals surface area contributed by atoms with Gasteiger partial charge in [-0.05, 0) is 17.7 Å². The minimum atomic E-state index is 0.0546. The van der Waals surface area contributed by atoms with Gasteiger partial charge in [-0.3, -0.25) is 4.79 Å². The lowest BCUT2D eigenvalue weighted by atomic mass is 10.2. The summed E-state index contributed by atoms with van der Waals surface area (Å²) >= 11 is 1.40. The highest BCUT2D eigenvalue weighted by molar-refractivity contribution is 7.99. The fourth-order valence-corrected chi connectivity index (χ4v) is 3.47. The van der Waals surface area contributed by atoms with Gasteiger partial charge in [-0.1, -0.05) is 42.1 Å². The number of thioether (sulfide) groups is 1. The molecule has 3 aromatic rings. The zero-order valence-electron chi connectivity index (χ0n) is 15.5. The van der Waals surface area contributed by atoms with E-state index in [1.165, 1.54) is 11.8 Å². The number of imidazole rings is 1. The summed E-state index contributed by atoms with van der Waals surface area (Å²) in [5, 5.41) is 0.720. The molecule has 1 aromatic heterocycles. The average Bonchev–Trinajstić information content (AvgIpc) is 3.12. The van der Waals surface area contributed by atoms with Gasteiger partial charge in [0, 0.05) is 26.3 Å². The number of methoxy groups -OCH3 is 2. The van der Waals surface area contributed by atoms with Gasteiger partial charge in [0.2, 0.25) is 5.91 Å². The summed E-state index contributed by atoms with van der Waals surface area (Å²) in [4.78, 5) is 22.3. The fraction of sp³-hybridized carbons (Fsp3) is 0.300. The summed E-state index contributed by atoms with van der Waals surface area (Å²) in [5.41, 5.74) is 2.85. The third-order valence-corrected chi connectivity index (χ3v) is 4.99. The first kappa shape index (κ1) is 19.3. The maximum Gasteiger partial charge on any atom is 0.233 e. The maximum atomic E-state index is 12.7. The first-order valence-electron chi connectivity index (χ1n) is 8.67. The molecule has 6 nitrogen and oxygen atoms in total. The number of nitrogens with zero attached hydrogens (tertiary/aromatic N) is 2. The molecule has 1 heterocycles. The van der Waals surface area contributed by atoms with Gasteiger partial charge in [0.1, 0.15) is 5.75 Å². The van der Waals surface area contributed by atoms with Crippen LogP contribution in [0.25, 0.3) is 11.0 Å². The van der Waals surface area contributed by atoms with Crippen LogP contribution < -0.4 is 4.74 Å². The molecule has 0 atom stereocenters. The zero-order chi connectivity index (χ0) is 19.1. The van der Waals surface area contributed by atoms with Gasteiger partial charge in [0.25, 0.3) is 0 Å². The Morgan fingerprint density at radius 3 is 2.74 bits per heavy atom. The number of nitrogens with one attached hydrogen (secondary N) is 1. The minimum absolute atomic E-state index is 0.0546. The van der Waals surface area contributed by atoms with Crippen LogP contribution >= 0.6 is 11.8 Å². The molecule has 1 amide bonds. The number of carbonyl (C=O) groups excluding carboxylic acids is 1. The number of ether oxygens (including phenoxy) is 2. The molecule has 0 bridgehead atoms. The van der Waals surface area contributed by atoms with Crippen LogP contribution in [0.4, 0.5) is 0 Å². The normalized spacial score (nSPS) is 10.9. The van der Waals surface area contributed by atoms with E-state index in [1.54, 1.807) is 14.2 Å².